The van der Waals surface area contributed by atoms with Crippen molar-refractivity contribution in [1.29, 1.82) is 0 Å². The van der Waals surface area contributed by atoms with Gasteiger partial charge in [-0.3, -0.25) is 0 Å². The highest BCUT2D eigenvalue weighted by molar-refractivity contribution is 5.52. The Balaban J connectivity index is 1.65. The molecular weight excluding hydrogens is 426 g/mol. The lowest BCUT2D eigenvalue weighted by molar-refractivity contribution is -0.0790. The quantitative estimate of drug-likeness (QED) is 0.290. The molecule has 0 unspecified atom stereocenters. The van der Waals surface area contributed by atoms with Gasteiger partial charge in [-0.2, -0.15) is 13.2 Å². The average Bonchev–Trinajstić information content (AvgIpc) is 2.73. The van der Waals surface area contributed by atoms with E-state index in [2.05, 4.69) is 6.92 Å². The molecule has 0 aliphatic heterocycles. The summed E-state index contributed by atoms with van der Waals surface area (Å²) < 4.78 is 80.2. The summed E-state index contributed by atoms with van der Waals surface area (Å²) in [6.07, 6.45) is 2.39. The number of hydrogen-bond donors (Lipinski definition) is 0. The highest BCUT2D eigenvalue weighted by Gasteiger charge is 2.27. The summed E-state index contributed by atoms with van der Waals surface area (Å²) in [6.45, 7) is 2.13. The highest BCUT2D eigenvalue weighted by atomic mass is 19.4. The third-order valence-corrected chi connectivity index (χ3v) is 6.31. The molecule has 0 radical (unpaired) electrons. The summed E-state index contributed by atoms with van der Waals surface area (Å²) in [5, 5.41) is 0. The summed E-state index contributed by atoms with van der Waals surface area (Å²) in [6, 6.07) is 7.71. The van der Waals surface area contributed by atoms with E-state index in [1.165, 1.54) is 0 Å². The number of hydrogen-bond acceptors (Lipinski definition) is 0. The molecule has 2 aromatic carbocycles. The predicted octanol–water partition coefficient (Wildman–Crippen LogP) is 8.85. The van der Waals surface area contributed by atoms with Gasteiger partial charge in [0, 0.05) is 11.6 Å². The van der Waals surface area contributed by atoms with Gasteiger partial charge in [-0.25, -0.2) is 13.2 Å². The van der Waals surface area contributed by atoms with Crippen molar-refractivity contribution in [1.82, 2.24) is 0 Å². The molecule has 1 aliphatic rings. The largest absolute Gasteiger partial charge is 0.409 e. The topological polar surface area (TPSA) is 0 Å². The van der Waals surface area contributed by atoms with Crippen molar-refractivity contribution < 1.29 is 26.3 Å². The summed E-state index contributed by atoms with van der Waals surface area (Å²) in [5.74, 6) is -2.26. The van der Waals surface area contributed by atoms with E-state index in [9.17, 15) is 26.3 Å². The van der Waals surface area contributed by atoms with Crippen molar-refractivity contribution in [3.63, 3.8) is 0 Å². The van der Waals surface area contributed by atoms with Crippen molar-refractivity contribution in [2.75, 3.05) is 0 Å². The first-order chi connectivity index (χ1) is 15.2. The molecule has 2 aromatic rings. The maximum absolute atomic E-state index is 14.7. The zero-order valence-electron chi connectivity index (χ0n) is 18.1. The Bertz CT molecular complexity index is 913. The summed E-state index contributed by atoms with van der Waals surface area (Å²) in [7, 11) is 0. The first-order valence-corrected chi connectivity index (χ1v) is 11.2. The monoisotopic (exact) mass is 454 g/mol. The van der Waals surface area contributed by atoms with E-state index in [0.717, 1.165) is 43.4 Å². The van der Waals surface area contributed by atoms with Crippen LogP contribution in [0.2, 0.25) is 0 Å². The Kier molecular flexibility index (Phi) is 8.07. The number of unbranched alkanes of at least 4 members (excludes halogenated alkanes) is 2. The smallest absolute Gasteiger partial charge is 0.207 e. The number of aryl methyl sites for hydroxylation is 1. The van der Waals surface area contributed by atoms with E-state index >= 15 is 0 Å². The minimum Gasteiger partial charge on any atom is -0.207 e. The van der Waals surface area contributed by atoms with Crippen molar-refractivity contribution in [2.24, 2.45) is 0 Å². The van der Waals surface area contributed by atoms with Gasteiger partial charge in [0.2, 0.25) is 0 Å². The molecule has 174 valence electrons. The third kappa shape index (κ3) is 6.39. The molecule has 1 aliphatic carbocycles. The Morgan fingerprint density at radius 3 is 2.03 bits per heavy atom. The molecule has 0 N–H and O–H groups in total. The van der Waals surface area contributed by atoms with Gasteiger partial charge in [-0.05, 0) is 91.3 Å². The zero-order chi connectivity index (χ0) is 23.3. The fourth-order valence-electron chi connectivity index (χ4n) is 4.55. The third-order valence-electron chi connectivity index (χ3n) is 6.31. The Hall–Kier alpha value is -2.24. The number of benzene rings is 2. The van der Waals surface area contributed by atoms with Crippen LogP contribution in [0.15, 0.2) is 36.4 Å². The van der Waals surface area contributed by atoms with Crippen LogP contribution in [0, 0.1) is 17.5 Å². The molecule has 1 saturated carbocycles. The highest BCUT2D eigenvalue weighted by Crippen LogP contribution is 2.42. The van der Waals surface area contributed by atoms with Crippen LogP contribution in [0.25, 0.3) is 6.08 Å². The predicted molar refractivity (Wildman–Crippen MR) is 115 cm³/mol. The SMILES string of the molecule is CCCCCc1ccc(C2CCC(c3cc(F)c(C=CC(F)(F)F)c(F)c3)CC2)c(F)c1. The number of rotatable bonds is 7. The lowest BCUT2D eigenvalue weighted by Gasteiger charge is -2.29. The van der Waals surface area contributed by atoms with Crippen LogP contribution in [0.4, 0.5) is 26.3 Å². The van der Waals surface area contributed by atoms with Gasteiger partial charge < -0.3 is 0 Å². The van der Waals surface area contributed by atoms with Gasteiger partial charge in [0.25, 0.3) is 0 Å². The summed E-state index contributed by atoms with van der Waals surface area (Å²) in [5.41, 5.74) is 1.43. The zero-order valence-corrected chi connectivity index (χ0v) is 18.1. The number of halogens is 6. The number of allylic oxidation sites excluding steroid dienone is 1. The van der Waals surface area contributed by atoms with E-state index in [0.29, 0.717) is 42.9 Å². The van der Waals surface area contributed by atoms with Gasteiger partial charge in [-0.15, -0.1) is 0 Å². The summed E-state index contributed by atoms with van der Waals surface area (Å²) >= 11 is 0. The molecule has 6 heteroatoms. The van der Waals surface area contributed by atoms with Crippen LogP contribution in [-0.2, 0) is 6.42 Å². The first kappa shape index (κ1) is 24.4. The maximum atomic E-state index is 14.7. The molecule has 0 atom stereocenters. The molecule has 1 fully saturated rings. The van der Waals surface area contributed by atoms with E-state index in [1.54, 1.807) is 6.07 Å². The van der Waals surface area contributed by atoms with Crippen LogP contribution >= 0.6 is 0 Å². The van der Waals surface area contributed by atoms with Gasteiger partial charge in [0.1, 0.15) is 17.5 Å². The van der Waals surface area contributed by atoms with Gasteiger partial charge in [0.15, 0.2) is 0 Å². The van der Waals surface area contributed by atoms with Gasteiger partial charge in [-0.1, -0.05) is 31.9 Å². The van der Waals surface area contributed by atoms with E-state index in [-0.39, 0.29) is 23.7 Å². The molecule has 0 bridgehead atoms. The molecule has 0 aromatic heterocycles. The molecule has 32 heavy (non-hydrogen) atoms. The number of alkyl halides is 3. The molecule has 3 rings (SSSR count). The van der Waals surface area contributed by atoms with Crippen LogP contribution in [0.1, 0.15) is 86.0 Å². The van der Waals surface area contributed by atoms with E-state index in [4.69, 9.17) is 0 Å². The maximum Gasteiger partial charge on any atom is 0.409 e. The van der Waals surface area contributed by atoms with Gasteiger partial charge >= 0.3 is 6.18 Å². The van der Waals surface area contributed by atoms with Crippen molar-refractivity contribution in [2.45, 2.75) is 76.3 Å². The van der Waals surface area contributed by atoms with Gasteiger partial charge in [0.05, 0.1) is 0 Å². The fraction of sp³-hybridized carbons (Fsp3) is 0.462. The second kappa shape index (κ2) is 10.6. The lowest BCUT2D eigenvalue weighted by atomic mass is 9.75. The minimum absolute atomic E-state index is 0.0552. The lowest BCUT2D eigenvalue weighted by Crippen LogP contribution is -2.14. The minimum atomic E-state index is -4.64. The van der Waals surface area contributed by atoms with Crippen molar-refractivity contribution >= 4 is 6.08 Å². The summed E-state index contributed by atoms with van der Waals surface area (Å²) in [4.78, 5) is 0. The van der Waals surface area contributed by atoms with Crippen LogP contribution in [0.3, 0.4) is 0 Å². The molecule has 0 saturated heterocycles. The molecule has 0 heterocycles. The van der Waals surface area contributed by atoms with Crippen LogP contribution < -0.4 is 0 Å². The van der Waals surface area contributed by atoms with Crippen LogP contribution in [-0.4, -0.2) is 6.18 Å². The average molecular weight is 454 g/mol. The standard InChI is InChI=1S/C26H28F6/c1-2-3-4-5-17-6-11-21(23(27)14-17)19-9-7-18(8-10-19)20-15-24(28)22(25(29)16-20)12-13-26(30,31)32/h6,11-16,18-19H,2-5,7-10H2,1H3. The van der Waals surface area contributed by atoms with Crippen molar-refractivity contribution in [3.05, 3.63) is 76.1 Å². The molecular formula is C26H28F6. The normalized spacial score (nSPS) is 19.6. The Labute approximate surface area is 185 Å². The van der Waals surface area contributed by atoms with Crippen LogP contribution in [0.5, 0.6) is 0 Å². The fourth-order valence-corrected chi connectivity index (χ4v) is 4.55. The second-order valence-electron chi connectivity index (χ2n) is 8.63. The van der Waals surface area contributed by atoms with E-state index < -0.39 is 23.4 Å². The molecule has 0 nitrogen and oxygen atoms in total. The Morgan fingerprint density at radius 2 is 1.47 bits per heavy atom. The molecule has 0 amide bonds. The molecule has 0 spiro atoms. The first-order valence-electron chi connectivity index (χ1n) is 11.2. The van der Waals surface area contributed by atoms with E-state index in [1.807, 2.05) is 12.1 Å². The Morgan fingerprint density at radius 1 is 0.844 bits per heavy atom. The van der Waals surface area contributed by atoms with Crippen molar-refractivity contribution in [3.8, 4) is 0 Å². The second-order valence-corrected chi connectivity index (χ2v) is 8.63.